The second kappa shape index (κ2) is 9.78. The quantitative estimate of drug-likeness (QED) is 0.553. The van der Waals surface area contributed by atoms with Crippen molar-refractivity contribution in [1.82, 2.24) is 25.1 Å². The number of nitrogens with zero attached hydrogens (tertiary/aromatic N) is 6. The normalized spacial score (nSPS) is 15.6. The predicted molar refractivity (Wildman–Crippen MR) is 120 cm³/mol. The third-order valence-electron chi connectivity index (χ3n) is 5.93. The third-order valence-corrected chi connectivity index (χ3v) is 5.93. The van der Waals surface area contributed by atoms with Crippen molar-refractivity contribution in [2.75, 3.05) is 45.3 Å². The van der Waals surface area contributed by atoms with Crippen LogP contribution in [0.2, 0.25) is 0 Å². The molecule has 2 aromatic carbocycles. The lowest BCUT2D eigenvalue weighted by Crippen LogP contribution is -2.48. The first kappa shape index (κ1) is 21.1. The number of hydrogen-bond acceptors (Lipinski definition) is 7. The van der Waals surface area contributed by atoms with E-state index in [4.69, 9.17) is 9.47 Å². The zero-order valence-electron chi connectivity index (χ0n) is 18.4. The summed E-state index contributed by atoms with van der Waals surface area (Å²) in [4.78, 5) is 4.92. The smallest absolute Gasteiger partial charge is 0.168 e. The van der Waals surface area contributed by atoms with Crippen molar-refractivity contribution < 1.29 is 9.47 Å². The van der Waals surface area contributed by atoms with Crippen LogP contribution in [0.15, 0.2) is 48.5 Å². The zero-order valence-corrected chi connectivity index (χ0v) is 18.4. The lowest BCUT2D eigenvalue weighted by atomic mass is 10.1. The fourth-order valence-corrected chi connectivity index (χ4v) is 4.16. The van der Waals surface area contributed by atoms with Crippen LogP contribution in [0.25, 0.3) is 0 Å². The molecule has 0 bridgehead atoms. The van der Waals surface area contributed by atoms with Gasteiger partial charge >= 0.3 is 0 Å². The Morgan fingerprint density at radius 2 is 1.48 bits per heavy atom. The highest BCUT2D eigenvalue weighted by Gasteiger charge is 2.28. The Morgan fingerprint density at radius 1 is 0.871 bits per heavy atom. The van der Waals surface area contributed by atoms with Crippen LogP contribution in [0.4, 0.5) is 5.69 Å². The Labute approximate surface area is 183 Å². The average molecular weight is 423 g/mol. The standard InChI is InChI=1S/C23H30N6O2/c1-4-22(23-24-25-26-29(23)17-18-5-9-20(30-2)10-6-18)28-15-13-27(14-16-28)19-7-11-21(31-3)12-8-19/h5-12,22H,4,13-17H2,1-3H3/t22-/m0/s1. The first-order valence-corrected chi connectivity index (χ1v) is 10.7. The number of aromatic nitrogens is 4. The van der Waals surface area contributed by atoms with Gasteiger partial charge in [0.05, 0.1) is 26.8 Å². The minimum Gasteiger partial charge on any atom is -0.497 e. The van der Waals surface area contributed by atoms with Crippen molar-refractivity contribution in [3.8, 4) is 11.5 Å². The molecular weight excluding hydrogens is 392 g/mol. The van der Waals surface area contributed by atoms with E-state index in [-0.39, 0.29) is 6.04 Å². The zero-order chi connectivity index (χ0) is 21.6. The molecular formula is C23H30N6O2. The summed E-state index contributed by atoms with van der Waals surface area (Å²) in [6, 6.07) is 16.5. The number of anilines is 1. The van der Waals surface area contributed by atoms with Gasteiger partial charge in [0.25, 0.3) is 0 Å². The van der Waals surface area contributed by atoms with Crippen molar-refractivity contribution in [2.45, 2.75) is 25.9 Å². The van der Waals surface area contributed by atoms with Crippen molar-refractivity contribution in [2.24, 2.45) is 0 Å². The molecule has 164 valence electrons. The van der Waals surface area contributed by atoms with Crippen molar-refractivity contribution in [3.63, 3.8) is 0 Å². The van der Waals surface area contributed by atoms with Crippen LogP contribution in [0.1, 0.15) is 30.8 Å². The molecule has 0 saturated carbocycles. The fraction of sp³-hybridized carbons (Fsp3) is 0.435. The van der Waals surface area contributed by atoms with E-state index in [1.165, 1.54) is 5.69 Å². The highest BCUT2D eigenvalue weighted by Crippen LogP contribution is 2.26. The number of methoxy groups -OCH3 is 2. The second-order valence-electron chi connectivity index (χ2n) is 7.69. The fourth-order valence-electron chi connectivity index (χ4n) is 4.16. The van der Waals surface area contributed by atoms with E-state index < -0.39 is 0 Å². The van der Waals surface area contributed by atoms with Crippen LogP contribution in [-0.2, 0) is 6.54 Å². The first-order valence-electron chi connectivity index (χ1n) is 10.7. The highest BCUT2D eigenvalue weighted by atomic mass is 16.5. The maximum Gasteiger partial charge on any atom is 0.168 e. The van der Waals surface area contributed by atoms with Crippen molar-refractivity contribution >= 4 is 5.69 Å². The van der Waals surface area contributed by atoms with Gasteiger partial charge in [-0.2, -0.15) is 0 Å². The van der Waals surface area contributed by atoms with Gasteiger partial charge in [0.15, 0.2) is 5.82 Å². The van der Waals surface area contributed by atoms with Crippen LogP contribution in [-0.4, -0.2) is 65.5 Å². The van der Waals surface area contributed by atoms with Crippen molar-refractivity contribution in [1.29, 1.82) is 0 Å². The van der Waals surface area contributed by atoms with Crippen molar-refractivity contribution in [3.05, 3.63) is 59.9 Å². The van der Waals surface area contributed by atoms with Gasteiger partial charge in [-0.25, -0.2) is 4.68 Å². The van der Waals surface area contributed by atoms with Crippen LogP contribution in [0.5, 0.6) is 11.5 Å². The number of piperazine rings is 1. The largest absolute Gasteiger partial charge is 0.497 e. The minimum absolute atomic E-state index is 0.200. The van der Waals surface area contributed by atoms with Gasteiger partial charge in [0.2, 0.25) is 0 Å². The topological polar surface area (TPSA) is 68.5 Å². The molecule has 31 heavy (non-hydrogen) atoms. The average Bonchev–Trinajstić information content (AvgIpc) is 3.28. The third kappa shape index (κ3) is 4.80. The lowest BCUT2D eigenvalue weighted by molar-refractivity contribution is 0.169. The molecule has 1 saturated heterocycles. The van der Waals surface area contributed by atoms with Gasteiger partial charge in [-0.3, -0.25) is 4.90 Å². The maximum absolute atomic E-state index is 5.27. The Balaban J connectivity index is 1.42. The van der Waals surface area contributed by atoms with E-state index in [1.54, 1.807) is 14.2 Å². The molecule has 0 unspecified atom stereocenters. The molecule has 8 heteroatoms. The Bertz CT molecular complexity index is 949. The SMILES string of the molecule is CC[C@@H](c1nnnn1Cc1ccc(OC)cc1)N1CCN(c2ccc(OC)cc2)CC1. The Morgan fingerprint density at radius 3 is 2.06 bits per heavy atom. The minimum atomic E-state index is 0.200. The van der Waals surface area contributed by atoms with Gasteiger partial charge in [-0.15, -0.1) is 5.10 Å². The second-order valence-corrected chi connectivity index (χ2v) is 7.69. The summed E-state index contributed by atoms with van der Waals surface area (Å²) in [7, 11) is 3.37. The van der Waals surface area contributed by atoms with Crippen LogP contribution >= 0.6 is 0 Å². The Kier molecular flexibility index (Phi) is 6.66. The summed E-state index contributed by atoms with van der Waals surface area (Å²) in [5.41, 5.74) is 2.38. The van der Waals surface area contributed by atoms with E-state index >= 15 is 0 Å². The molecule has 3 aromatic rings. The molecule has 1 aromatic heterocycles. The predicted octanol–water partition coefficient (Wildman–Crippen LogP) is 3.01. The van der Waals surface area contributed by atoms with Gasteiger partial charge in [0, 0.05) is 31.9 Å². The first-order chi connectivity index (χ1) is 15.2. The molecule has 1 fully saturated rings. The van der Waals surface area contributed by atoms with Crippen LogP contribution in [0, 0.1) is 0 Å². The monoisotopic (exact) mass is 422 g/mol. The maximum atomic E-state index is 5.27. The van der Waals surface area contributed by atoms with E-state index in [9.17, 15) is 0 Å². The Hall–Kier alpha value is -3.13. The summed E-state index contributed by atoms with van der Waals surface area (Å²) >= 11 is 0. The molecule has 2 heterocycles. The molecule has 0 radical (unpaired) electrons. The number of rotatable bonds is 8. The number of ether oxygens (including phenoxy) is 2. The number of benzene rings is 2. The molecule has 0 N–H and O–H groups in total. The highest BCUT2D eigenvalue weighted by molar-refractivity contribution is 5.49. The molecule has 0 spiro atoms. The van der Waals surface area contributed by atoms with Crippen LogP contribution in [0.3, 0.4) is 0 Å². The molecule has 0 amide bonds. The number of tetrazole rings is 1. The van der Waals surface area contributed by atoms with E-state index in [1.807, 2.05) is 28.9 Å². The summed E-state index contributed by atoms with van der Waals surface area (Å²) in [6.45, 7) is 6.74. The van der Waals surface area contributed by atoms with Gasteiger partial charge in [-0.05, 0) is 58.8 Å². The molecule has 4 rings (SSSR count). The van der Waals surface area contributed by atoms with E-state index in [0.29, 0.717) is 6.54 Å². The molecule has 1 aliphatic heterocycles. The van der Waals surface area contributed by atoms with Crippen LogP contribution < -0.4 is 14.4 Å². The molecule has 1 aliphatic rings. The van der Waals surface area contributed by atoms with Gasteiger partial charge < -0.3 is 14.4 Å². The lowest BCUT2D eigenvalue weighted by Gasteiger charge is -2.39. The number of hydrogen-bond donors (Lipinski definition) is 0. The summed E-state index contributed by atoms with van der Waals surface area (Å²) in [5, 5.41) is 12.7. The summed E-state index contributed by atoms with van der Waals surface area (Å²) < 4.78 is 12.4. The molecule has 0 aliphatic carbocycles. The van der Waals surface area contributed by atoms with E-state index in [2.05, 4.69) is 56.5 Å². The van der Waals surface area contributed by atoms with Gasteiger partial charge in [0.1, 0.15) is 11.5 Å². The summed E-state index contributed by atoms with van der Waals surface area (Å²) in [5.74, 6) is 2.66. The summed E-state index contributed by atoms with van der Waals surface area (Å²) in [6.07, 6.45) is 0.964. The van der Waals surface area contributed by atoms with Gasteiger partial charge in [-0.1, -0.05) is 19.1 Å². The molecule has 1 atom stereocenters. The molecule has 8 nitrogen and oxygen atoms in total. The van der Waals surface area contributed by atoms with E-state index in [0.717, 1.165) is 55.5 Å².